The van der Waals surface area contributed by atoms with Gasteiger partial charge in [-0.15, -0.1) is 0 Å². The molecule has 2 aliphatic rings. The van der Waals surface area contributed by atoms with Crippen molar-refractivity contribution in [2.24, 2.45) is 0 Å². The molecule has 1 N–H and O–H groups in total. The molecule has 1 aromatic heterocycles. The van der Waals surface area contributed by atoms with Crippen molar-refractivity contribution < 1.29 is 13.9 Å². The minimum atomic E-state index is -0.439. The fourth-order valence-electron chi connectivity index (χ4n) is 3.19. The molecule has 1 aromatic carbocycles. The average Bonchev–Trinajstić information content (AvgIpc) is 2.85. The van der Waals surface area contributed by atoms with Crippen LogP contribution in [0.3, 0.4) is 0 Å². The van der Waals surface area contributed by atoms with Gasteiger partial charge in [0.2, 0.25) is 5.95 Å². The van der Waals surface area contributed by atoms with Crippen molar-refractivity contribution in [3.63, 3.8) is 0 Å². The monoisotopic (exact) mass is 304 g/mol. The first-order valence-electron chi connectivity index (χ1n) is 7.47. The predicted octanol–water partition coefficient (Wildman–Crippen LogP) is 1.32. The number of hydrogen-bond acceptors (Lipinski definition) is 4. The molecule has 7 heteroatoms. The van der Waals surface area contributed by atoms with Gasteiger partial charge in [0.15, 0.2) is 0 Å². The molecule has 1 amide bonds. The van der Waals surface area contributed by atoms with Crippen molar-refractivity contribution in [1.82, 2.24) is 14.9 Å². The molecule has 4 rings (SSSR count). The lowest BCUT2D eigenvalue weighted by molar-refractivity contribution is 0.0953. The lowest BCUT2D eigenvalue weighted by Crippen LogP contribution is -2.38. The normalized spacial score (nSPS) is 21.8. The molecule has 2 aliphatic heterocycles. The molecule has 0 saturated carbocycles. The maximum atomic E-state index is 13.8. The topological polar surface area (TPSA) is 59.4 Å². The van der Waals surface area contributed by atoms with E-state index in [-0.39, 0.29) is 11.9 Å². The summed E-state index contributed by atoms with van der Waals surface area (Å²) in [5.74, 6) is 0.100. The molecule has 1 fully saturated rings. The third-order valence-electron chi connectivity index (χ3n) is 4.27. The van der Waals surface area contributed by atoms with Crippen molar-refractivity contribution in [2.75, 3.05) is 37.7 Å². The number of rotatable bonds is 1. The van der Waals surface area contributed by atoms with E-state index in [1.54, 1.807) is 0 Å². The molecule has 6 nitrogen and oxygen atoms in total. The van der Waals surface area contributed by atoms with Crippen LogP contribution >= 0.6 is 0 Å². The minimum Gasteiger partial charge on any atom is -0.378 e. The fraction of sp³-hybridized carbons (Fsp3) is 0.467. The van der Waals surface area contributed by atoms with E-state index in [4.69, 9.17) is 4.74 Å². The molecule has 22 heavy (non-hydrogen) atoms. The van der Waals surface area contributed by atoms with Gasteiger partial charge < -0.3 is 19.5 Å². The number of hydrogen-bond donors (Lipinski definition) is 1. The van der Waals surface area contributed by atoms with Crippen LogP contribution in [0.15, 0.2) is 12.1 Å². The van der Waals surface area contributed by atoms with Gasteiger partial charge in [0.25, 0.3) is 5.91 Å². The number of halogens is 1. The highest BCUT2D eigenvalue weighted by molar-refractivity contribution is 6.06. The molecule has 0 radical (unpaired) electrons. The van der Waals surface area contributed by atoms with E-state index in [0.717, 1.165) is 19.0 Å². The van der Waals surface area contributed by atoms with Crippen LogP contribution in [0.25, 0.3) is 11.0 Å². The molecule has 2 aromatic rings. The lowest BCUT2D eigenvalue weighted by atomic mass is 10.1. The Hall–Kier alpha value is -2.15. The largest absolute Gasteiger partial charge is 0.378 e. The highest BCUT2D eigenvalue weighted by Gasteiger charge is 2.28. The average molecular weight is 304 g/mol. The lowest BCUT2D eigenvalue weighted by Gasteiger charge is -2.29. The summed E-state index contributed by atoms with van der Waals surface area (Å²) in [6, 6.07) is 2.74. The quantitative estimate of drug-likeness (QED) is 0.863. The van der Waals surface area contributed by atoms with E-state index in [9.17, 15) is 9.18 Å². The van der Waals surface area contributed by atoms with Gasteiger partial charge in [-0.05, 0) is 13.0 Å². The number of nitrogens with one attached hydrogen (secondary N) is 1. The molecule has 0 unspecified atom stereocenters. The van der Waals surface area contributed by atoms with Crippen LogP contribution in [0.4, 0.5) is 10.3 Å². The van der Waals surface area contributed by atoms with Crippen molar-refractivity contribution in [3.8, 4) is 0 Å². The zero-order valence-electron chi connectivity index (χ0n) is 12.3. The zero-order valence-corrected chi connectivity index (χ0v) is 12.3. The Kier molecular flexibility index (Phi) is 3.04. The Morgan fingerprint density at radius 2 is 2.14 bits per heavy atom. The van der Waals surface area contributed by atoms with Crippen LogP contribution in [-0.4, -0.2) is 48.3 Å². The van der Waals surface area contributed by atoms with Crippen molar-refractivity contribution in [2.45, 2.75) is 13.0 Å². The molecule has 0 aliphatic carbocycles. The number of nitrogens with zero attached hydrogens (tertiary/aromatic N) is 3. The number of carbonyl (C=O) groups excluding carboxylic acids is 1. The first-order chi connectivity index (χ1) is 10.6. The van der Waals surface area contributed by atoms with Gasteiger partial charge in [-0.1, -0.05) is 0 Å². The summed E-state index contributed by atoms with van der Waals surface area (Å²) in [4.78, 5) is 19.0. The molecule has 1 saturated heterocycles. The molecular weight excluding hydrogens is 287 g/mol. The number of imidazole rings is 1. The molecule has 0 spiro atoms. The van der Waals surface area contributed by atoms with E-state index >= 15 is 0 Å². The zero-order chi connectivity index (χ0) is 15.3. The Balaban J connectivity index is 1.98. The maximum Gasteiger partial charge on any atom is 0.253 e. The van der Waals surface area contributed by atoms with Crippen LogP contribution in [-0.2, 0) is 4.74 Å². The first-order valence-corrected chi connectivity index (χ1v) is 7.47. The molecule has 116 valence electrons. The molecule has 1 atom stereocenters. The highest BCUT2D eigenvalue weighted by Crippen LogP contribution is 2.32. The Bertz CT molecular complexity index is 752. The van der Waals surface area contributed by atoms with Gasteiger partial charge in [0.05, 0.1) is 35.9 Å². The van der Waals surface area contributed by atoms with Crippen LogP contribution in [0.5, 0.6) is 0 Å². The second-order valence-corrected chi connectivity index (χ2v) is 5.76. The third kappa shape index (κ3) is 1.96. The summed E-state index contributed by atoms with van der Waals surface area (Å²) in [6.07, 6.45) is 0. The number of carbonyl (C=O) groups is 1. The number of morpholine rings is 1. The number of amides is 1. The van der Waals surface area contributed by atoms with Crippen molar-refractivity contribution >= 4 is 22.9 Å². The molecule has 3 heterocycles. The number of anilines is 1. The number of benzene rings is 1. The summed E-state index contributed by atoms with van der Waals surface area (Å²) in [5, 5.41) is 2.85. The van der Waals surface area contributed by atoms with Crippen LogP contribution < -0.4 is 10.2 Å². The van der Waals surface area contributed by atoms with Gasteiger partial charge in [-0.3, -0.25) is 4.79 Å². The van der Waals surface area contributed by atoms with Crippen LogP contribution in [0.2, 0.25) is 0 Å². The summed E-state index contributed by atoms with van der Waals surface area (Å²) in [7, 11) is 0. The third-order valence-corrected chi connectivity index (χ3v) is 4.27. The summed E-state index contributed by atoms with van der Waals surface area (Å²) < 4.78 is 21.3. The van der Waals surface area contributed by atoms with Gasteiger partial charge in [0.1, 0.15) is 5.82 Å². The van der Waals surface area contributed by atoms with E-state index in [0.29, 0.717) is 36.4 Å². The molecular formula is C15H17FN4O2. The van der Waals surface area contributed by atoms with Gasteiger partial charge in [-0.25, -0.2) is 9.37 Å². The number of aromatic nitrogens is 2. The Labute approximate surface area is 126 Å². The number of ether oxygens (including phenoxy) is 1. The summed E-state index contributed by atoms with van der Waals surface area (Å²) >= 11 is 0. The maximum absolute atomic E-state index is 13.8. The smallest absolute Gasteiger partial charge is 0.253 e. The SMILES string of the molecule is C[C@@H]1CNC(=O)c2cc(F)cc3nc(N4CCOCC4)n1c23. The Morgan fingerprint density at radius 3 is 2.91 bits per heavy atom. The van der Waals surface area contributed by atoms with Crippen molar-refractivity contribution in [3.05, 3.63) is 23.5 Å². The standard InChI is InChI=1S/C15H17FN4O2/c1-9-8-17-14(21)11-6-10(16)7-12-13(11)20(9)15(18-12)19-2-4-22-5-3-19/h6-7,9H,2-5,8H2,1H3,(H,17,21)/t9-/m1/s1. The Morgan fingerprint density at radius 1 is 1.36 bits per heavy atom. The van der Waals surface area contributed by atoms with Crippen LogP contribution in [0.1, 0.15) is 23.3 Å². The van der Waals surface area contributed by atoms with Crippen LogP contribution in [0, 0.1) is 5.82 Å². The fourth-order valence-corrected chi connectivity index (χ4v) is 3.19. The van der Waals surface area contributed by atoms with E-state index in [1.165, 1.54) is 12.1 Å². The molecule has 0 bridgehead atoms. The van der Waals surface area contributed by atoms with Gasteiger partial charge >= 0.3 is 0 Å². The van der Waals surface area contributed by atoms with E-state index < -0.39 is 5.82 Å². The van der Waals surface area contributed by atoms with Gasteiger partial charge in [-0.2, -0.15) is 0 Å². The minimum absolute atomic E-state index is 0.0542. The van der Waals surface area contributed by atoms with E-state index in [2.05, 4.69) is 15.2 Å². The second-order valence-electron chi connectivity index (χ2n) is 5.76. The summed E-state index contributed by atoms with van der Waals surface area (Å²) in [5.41, 5.74) is 1.59. The first kappa shape index (κ1) is 13.5. The highest BCUT2D eigenvalue weighted by atomic mass is 19.1. The predicted molar refractivity (Wildman–Crippen MR) is 79.8 cm³/mol. The van der Waals surface area contributed by atoms with Crippen molar-refractivity contribution in [1.29, 1.82) is 0 Å². The second kappa shape index (κ2) is 4.95. The van der Waals surface area contributed by atoms with Gasteiger partial charge in [0, 0.05) is 25.7 Å². The van der Waals surface area contributed by atoms with E-state index in [1.807, 2.05) is 11.5 Å². The summed E-state index contributed by atoms with van der Waals surface area (Å²) in [6.45, 7) is 5.32.